The van der Waals surface area contributed by atoms with Gasteiger partial charge in [-0.25, -0.2) is 4.98 Å². The molecule has 1 aromatic carbocycles. The van der Waals surface area contributed by atoms with Crippen molar-refractivity contribution in [2.75, 3.05) is 7.11 Å². The molecule has 0 aliphatic heterocycles. The maximum atomic E-state index is 5.51. The van der Waals surface area contributed by atoms with Crippen LogP contribution in [-0.4, -0.2) is 17.1 Å². The third kappa shape index (κ3) is 1.71. The number of rotatable bonds is 2. The lowest BCUT2D eigenvalue weighted by molar-refractivity contribution is 0.402. The second-order valence-electron chi connectivity index (χ2n) is 4.48. The van der Waals surface area contributed by atoms with Gasteiger partial charge in [0.2, 0.25) is 0 Å². The molecule has 0 radical (unpaired) electrons. The fourth-order valence-corrected chi connectivity index (χ4v) is 2.79. The second kappa shape index (κ2) is 4.24. The number of methoxy groups -OCH3 is 1. The molecule has 1 aliphatic rings. The van der Waals surface area contributed by atoms with E-state index >= 15 is 0 Å². The normalized spacial score (nSPS) is 18.8. The van der Waals surface area contributed by atoms with E-state index in [1.807, 2.05) is 12.3 Å². The van der Waals surface area contributed by atoms with Crippen LogP contribution < -0.4 is 4.74 Å². The Bertz CT molecular complexity index is 491. The van der Waals surface area contributed by atoms with E-state index < -0.39 is 0 Å². The Labute approximate surface area is 101 Å². The smallest absolute Gasteiger partial charge is 0.123 e. The van der Waals surface area contributed by atoms with Crippen LogP contribution >= 0.6 is 0 Å². The summed E-state index contributed by atoms with van der Waals surface area (Å²) >= 11 is 0. The molecule has 88 valence electrons. The minimum Gasteiger partial charge on any atom is -0.496 e. The van der Waals surface area contributed by atoms with E-state index in [9.17, 15) is 0 Å². The number of nitrogens with zero attached hydrogens (tertiary/aromatic N) is 1. The highest BCUT2D eigenvalue weighted by atomic mass is 16.5. The van der Waals surface area contributed by atoms with Crippen LogP contribution in [0.3, 0.4) is 0 Å². The predicted octanol–water partition coefficient (Wildman–Crippen LogP) is 2.89. The monoisotopic (exact) mass is 228 g/mol. The number of hydrogen-bond acceptors (Lipinski definition) is 2. The van der Waals surface area contributed by atoms with E-state index in [1.165, 1.54) is 23.2 Å². The zero-order chi connectivity index (χ0) is 11.7. The number of aryl methyl sites for hydroxylation is 1. The van der Waals surface area contributed by atoms with Gasteiger partial charge in [0, 0.05) is 23.4 Å². The first-order chi connectivity index (χ1) is 8.40. The Kier molecular flexibility index (Phi) is 2.59. The number of aromatic nitrogens is 2. The van der Waals surface area contributed by atoms with E-state index in [2.05, 4.69) is 22.1 Å². The maximum absolute atomic E-state index is 5.51. The molecular weight excluding hydrogens is 212 g/mol. The van der Waals surface area contributed by atoms with E-state index in [0.29, 0.717) is 5.92 Å². The minimum absolute atomic E-state index is 0.400. The number of H-pyrrole nitrogens is 1. The van der Waals surface area contributed by atoms with Crippen molar-refractivity contribution >= 4 is 0 Å². The van der Waals surface area contributed by atoms with Crippen LogP contribution in [0, 0.1) is 0 Å². The van der Waals surface area contributed by atoms with Crippen molar-refractivity contribution in [1.29, 1.82) is 0 Å². The van der Waals surface area contributed by atoms with Crippen LogP contribution in [0.5, 0.6) is 5.75 Å². The predicted molar refractivity (Wildman–Crippen MR) is 66.4 cm³/mol. The van der Waals surface area contributed by atoms with Gasteiger partial charge in [0.05, 0.1) is 13.4 Å². The van der Waals surface area contributed by atoms with Gasteiger partial charge in [0.15, 0.2) is 0 Å². The molecule has 1 aromatic heterocycles. The van der Waals surface area contributed by atoms with Crippen LogP contribution in [0.4, 0.5) is 0 Å². The maximum Gasteiger partial charge on any atom is 0.123 e. The van der Waals surface area contributed by atoms with Gasteiger partial charge in [0.25, 0.3) is 0 Å². The number of imidazole rings is 1. The van der Waals surface area contributed by atoms with Gasteiger partial charge >= 0.3 is 0 Å². The third-order valence-corrected chi connectivity index (χ3v) is 3.56. The molecule has 3 nitrogen and oxygen atoms in total. The highest BCUT2D eigenvalue weighted by molar-refractivity contribution is 5.47. The average Bonchev–Trinajstić information content (AvgIpc) is 2.91. The highest BCUT2D eigenvalue weighted by Gasteiger charge is 2.25. The summed E-state index contributed by atoms with van der Waals surface area (Å²) < 4.78 is 5.51. The Hall–Kier alpha value is -1.77. The standard InChI is InChI=1S/C14H16N2O/c1-17-13-7-3-5-10-4-2-6-11(14(10)13)12-8-15-9-16-12/h3,5,7-9,11H,2,4,6H2,1H3,(H,15,16). The summed E-state index contributed by atoms with van der Waals surface area (Å²) in [6.45, 7) is 0. The Morgan fingerprint density at radius 3 is 3.12 bits per heavy atom. The molecule has 0 saturated heterocycles. The zero-order valence-corrected chi connectivity index (χ0v) is 9.94. The van der Waals surface area contributed by atoms with Crippen LogP contribution in [0.15, 0.2) is 30.7 Å². The molecule has 0 amide bonds. The van der Waals surface area contributed by atoms with Crippen molar-refractivity contribution in [2.24, 2.45) is 0 Å². The average molecular weight is 228 g/mol. The van der Waals surface area contributed by atoms with Gasteiger partial charge in [-0.15, -0.1) is 0 Å². The summed E-state index contributed by atoms with van der Waals surface area (Å²) in [5, 5.41) is 0. The number of hydrogen-bond donors (Lipinski definition) is 1. The summed E-state index contributed by atoms with van der Waals surface area (Å²) in [4.78, 5) is 7.36. The lowest BCUT2D eigenvalue weighted by Crippen LogP contribution is -2.12. The molecular formula is C14H16N2O. The molecule has 0 fully saturated rings. The van der Waals surface area contributed by atoms with Crippen molar-refractivity contribution in [2.45, 2.75) is 25.2 Å². The van der Waals surface area contributed by atoms with Gasteiger partial charge in [-0.05, 0) is 30.9 Å². The van der Waals surface area contributed by atoms with Crippen LogP contribution in [0.1, 0.15) is 35.6 Å². The summed E-state index contributed by atoms with van der Waals surface area (Å²) in [5.74, 6) is 1.40. The van der Waals surface area contributed by atoms with Crippen molar-refractivity contribution in [3.8, 4) is 5.75 Å². The first kappa shape index (κ1) is 10.4. The molecule has 1 N–H and O–H groups in total. The number of aromatic amines is 1. The van der Waals surface area contributed by atoms with E-state index in [0.717, 1.165) is 18.6 Å². The first-order valence-corrected chi connectivity index (χ1v) is 6.04. The van der Waals surface area contributed by atoms with E-state index in [1.54, 1.807) is 13.4 Å². The molecule has 17 heavy (non-hydrogen) atoms. The fraction of sp³-hybridized carbons (Fsp3) is 0.357. The Morgan fingerprint density at radius 2 is 2.35 bits per heavy atom. The largest absolute Gasteiger partial charge is 0.496 e. The molecule has 0 bridgehead atoms. The van der Waals surface area contributed by atoms with Gasteiger partial charge < -0.3 is 9.72 Å². The Morgan fingerprint density at radius 1 is 1.41 bits per heavy atom. The molecule has 3 rings (SSSR count). The van der Waals surface area contributed by atoms with Crippen LogP contribution in [0.25, 0.3) is 0 Å². The van der Waals surface area contributed by atoms with Crippen molar-refractivity contribution in [1.82, 2.24) is 9.97 Å². The molecule has 1 unspecified atom stereocenters. The lowest BCUT2D eigenvalue weighted by atomic mass is 9.80. The van der Waals surface area contributed by atoms with Gasteiger partial charge in [-0.1, -0.05) is 12.1 Å². The summed E-state index contributed by atoms with van der Waals surface area (Å²) in [6.07, 6.45) is 7.21. The first-order valence-electron chi connectivity index (χ1n) is 6.04. The summed E-state index contributed by atoms with van der Waals surface area (Å²) in [7, 11) is 1.74. The van der Waals surface area contributed by atoms with Gasteiger partial charge in [-0.2, -0.15) is 0 Å². The molecule has 1 atom stereocenters. The zero-order valence-electron chi connectivity index (χ0n) is 9.94. The molecule has 0 spiro atoms. The van der Waals surface area contributed by atoms with Gasteiger partial charge in [-0.3, -0.25) is 0 Å². The van der Waals surface area contributed by atoms with Crippen LogP contribution in [-0.2, 0) is 6.42 Å². The van der Waals surface area contributed by atoms with Crippen LogP contribution in [0.2, 0.25) is 0 Å². The second-order valence-corrected chi connectivity index (χ2v) is 4.48. The molecule has 0 saturated carbocycles. The molecule has 2 aromatic rings. The minimum atomic E-state index is 0.400. The Balaban J connectivity index is 2.12. The highest BCUT2D eigenvalue weighted by Crippen LogP contribution is 2.40. The summed E-state index contributed by atoms with van der Waals surface area (Å²) in [5.41, 5.74) is 3.94. The van der Waals surface area contributed by atoms with Crippen molar-refractivity contribution in [3.05, 3.63) is 47.5 Å². The number of fused-ring (bicyclic) bond motifs is 1. The number of benzene rings is 1. The van der Waals surface area contributed by atoms with Crippen molar-refractivity contribution in [3.63, 3.8) is 0 Å². The quantitative estimate of drug-likeness (QED) is 0.858. The van der Waals surface area contributed by atoms with E-state index in [-0.39, 0.29) is 0 Å². The fourth-order valence-electron chi connectivity index (χ4n) is 2.79. The number of nitrogens with one attached hydrogen (secondary N) is 1. The summed E-state index contributed by atoms with van der Waals surface area (Å²) in [6, 6.07) is 6.33. The van der Waals surface area contributed by atoms with E-state index in [4.69, 9.17) is 4.74 Å². The molecule has 3 heteroatoms. The number of ether oxygens (including phenoxy) is 1. The topological polar surface area (TPSA) is 37.9 Å². The molecule has 1 heterocycles. The third-order valence-electron chi connectivity index (χ3n) is 3.56. The van der Waals surface area contributed by atoms with Crippen molar-refractivity contribution < 1.29 is 4.74 Å². The lowest BCUT2D eigenvalue weighted by Gasteiger charge is -2.26. The molecule has 1 aliphatic carbocycles. The SMILES string of the molecule is COc1cccc2c1C(c1cnc[nH]1)CCC2. The van der Waals surface area contributed by atoms with Gasteiger partial charge in [0.1, 0.15) is 5.75 Å².